The van der Waals surface area contributed by atoms with Gasteiger partial charge in [0.05, 0.1) is 13.7 Å². The maximum atomic E-state index is 13.7. The maximum absolute atomic E-state index is 13.7. The minimum absolute atomic E-state index is 0.0332. The molecule has 0 radical (unpaired) electrons. The average molecular weight is 783 g/mol. The molecular formula is C44H54N2O9Si. The molecule has 12 heteroatoms. The van der Waals surface area contributed by atoms with Crippen LogP contribution in [0.1, 0.15) is 43.0 Å². The Kier molecular flexibility index (Phi) is 15.7. The van der Waals surface area contributed by atoms with Crippen molar-refractivity contribution in [2.45, 2.75) is 90.2 Å². The number of rotatable bonds is 17. The monoisotopic (exact) mass is 782 g/mol. The van der Waals surface area contributed by atoms with Crippen LogP contribution >= 0.6 is 0 Å². The zero-order chi connectivity index (χ0) is 40.7. The molecule has 0 aliphatic rings. The zero-order valence-electron chi connectivity index (χ0n) is 33.4. The predicted molar refractivity (Wildman–Crippen MR) is 218 cm³/mol. The summed E-state index contributed by atoms with van der Waals surface area (Å²) in [5.74, 6) is -0.658. The van der Waals surface area contributed by atoms with Crippen LogP contribution in [0.2, 0.25) is 25.7 Å². The molecule has 0 aliphatic heterocycles. The van der Waals surface area contributed by atoms with Crippen molar-refractivity contribution in [1.82, 2.24) is 10.6 Å². The van der Waals surface area contributed by atoms with Crippen molar-refractivity contribution in [3.05, 3.63) is 125 Å². The van der Waals surface area contributed by atoms with Crippen LogP contribution in [0.25, 0.3) is 11.1 Å². The molecule has 56 heavy (non-hydrogen) atoms. The van der Waals surface area contributed by atoms with Gasteiger partial charge in [-0.2, -0.15) is 0 Å². The Hall–Kier alpha value is -5.62. The average Bonchev–Trinajstić information content (AvgIpc) is 3.15. The molecule has 0 saturated heterocycles. The molecule has 2 N–H and O–H groups in total. The third kappa shape index (κ3) is 14.9. The van der Waals surface area contributed by atoms with E-state index < -0.39 is 49.9 Å². The van der Waals surface area contributed by atoms with Crippen molar-refractivity contribution in [3.8, 4) is 16.9 Å². The zero-order valence-corrected chi connectivity index (χ0v) is 34.4. The van der Waals surface area contributed by atoms with Gasteiger partial charge in [-0.25, -0.2) is 19.2 Å². The second-order valence-electron chi connectivity index (χ2n) is 15.7. The molecule has 0 aliphatic carbocycles. The second kappa shape index (κ2) is 20.3. The smallest absolute Gasteiger partial charge is 0.408 e. The number of carbonyl (C=O) groups is 4. The predicted octanol–water partition coefficient (Wildman–Crippen LogP) is 8.26. The van der Waals surface area contributed by atoms with Gasteiger partial charge >= 0.3 is 24.1 Å². The number of esters is 2. The van der Waals surface area contributed by atoms with Gasteiger partial charge in [0.15, 0.2) is 0 Å². The molecule has 4 rings (SSSR count). The number of nitrogens with one attached hydrogen (secondary N) is 2. The quantitative estimate of drug-likeness (QED) is 0.0616. The Bertz CT molecular complexity index is 1910. The van der Waals surface area contributed by atoms with Crippen molar-refractivity contribution in [2.75, 3.05) is 13.7 Å². The third-order valence-corrected chi connectivity index (χ3v) is 10.2. The van der Waals surface area contributed by atoms with Gasteiger partial charge in [-0.3, -0.25) is 0 Å². The van der Waals surface area contributed by atoms with Gasteiger partial charge in [-0.1, -0.05) is 111 Å². The summed E-state index contributed by atoms with van der Waals surface area (Å²) in [4.78, 5) is 52.1. The van der Waals surface area contributed by atoms with Crippen LogP contribution in [0.4, 0.5) is 9.59 Å². The maximum Gasteiger partial charge on any atom is 0.408 e. The molecule has 0 aromatic heterocycles. The Morgan fingerprint density at radius 2 is 1.23 bits per heavy atom. The normalized spacial score (nSPS) is 12.4. The highest BCUT2D eigenvalue weighted by Crippen LogP contribution is 2.30. The lowest BCUT2D eigenvalue weighted by Gasteiger charge is -2.23. The topological polar surface area (TPSA) is 138 Å². The van der Waals surface area contributed by atoms with E-state index >= 15 is 0 Å². The molecular weight excluding hydrogens is 729 g/mol. The first-order valence-electron chi connectivity index (χ1n) is 18.7. The molecule has 0 saturated carbocycles. The Morgan fingerprint density at radius 3 is 1.86 bits per heavy atom. The molecule has 0 fully saturated rings. The molecule has 4 aromatic rings. The summed E-state index contributed by atoms with van der Waals surface area (Å²) < 4.78 is 27.9. The van der Waals surface area contributed by atoms with E-state index in [-0.39, 0.29) is 32.7 Å². The second-order valence-corrected chi connectivity index (χ2v) is 21.3. The molecule has 0 heterocycles. The van der Waals surface area contributed by atoms with Gasteiger partial charge in [-0.15, -0.1) is 0 Å². The van der Waals surface area contributed by atoms with E-state index in [4.69, 9.17) is 23.7 Å². The summed E-state index contributed by atoms with van der Waals surface area (Å²) in [6.45, 7) is 12.4. The summed E-state index contributed by atoms with van der Waals surface area (Å²) in [5.41, 5.74) is 4.03. The fraction of sp³-hybridized carbons (Fsp3) is 0.364. The number of hydrogen-bond acceptors (Lipinski definition) is 9. The number of alkyl carbamates (subject to hydrolysis) is 2. The van der Waals surface area contributed by atoms with Crippen molar-refractivity contribution >= 4 is 32.2 Å². The number of benzene rings is 4. The van der Waals surface area contributed by atoms with Crippen LogP contribution in [0.15, 0.2) is 103 Å². The van der Waals surface area contributed by atoms with Crippen LogP contribution < -0.4 is 15.4 Å². The van der Waals surface area contributed by atoms with Gasteiger partial charge < -0.3 is 34.3 Å². The van der Waals surface area contributed by atoms with Crippen LogP contribution in [-0.4, -0.2) is 63.6 Å². The summed E-state index contributed by atoms with van der Waals surface area (Å²) in [6.07, 6.45) is -1.29. The van der Waals surface area contributed by atoms with Crippen LogP contribution in [-0.2, 0) is 54.6 Å². The number of carbonyl (C=O) groups excluding carboxylic acids is 4. The molecule has 2 atom stereocenters. The summed E-state index contributed by atoms with van der Waals surface area (Å²) in [5, 5.41) is 5.38. The number of ether oxygens (including phenoxy) is 5. The van der Waals surface area contributed by atoms with Crippen LogP contribution in [0, 0.1) is 0 Å². The Labute approximate surface area is 331 Å². The first-order valence-corrected chi connectivity index (χ1v) is 22.4. The van der Waals surface area contributed by atoms with Crippen LogP contribution in [0.3, 0.4) is 0 Å². The Balaban J connectivity index is 1.64. The van der Waals surface area contributed by atoms with E-state index in [2.05, 4.69) is 30.3 Å². The molecule has 0 bridgehead atoms. The van der Waals surface area contributed by atoms with Crippen molar-refractivity contribution in [2.24, 2.45) is 0 Å². The fourth-order valence-corrected chi connectivity index (χ4v) is 6.29. The number of amides is 2. The lowest BCUT2D eigenvalue weighted by atomic mass is 9.96. The summed E-state index contributed by atoms with van der Waals surface area (Å²) in [6, 6.07) is 30.9. The van der Waals surface area contributed by atoms with E-state index in [1.165, 1.54) is 7.11 Å². The number of methoxy groups -OCH3 is 1. The summed E-state index contributed by atoms with van der Waals surface area (Å²) in [7, 11) is -0.253. The Morgan fingerprint density at radius 1 is 0.643 bits per heavy atom. The molecule has 0 spiro atoms. The van der Waals surface area contributed by atoms with Crippen LogP contribution in [0.5, 0.6) is 5.75 Å². The molecule has 0 unspecified atom stereocenters. The highest BCUT2D eigenvalue weighted by Gasteiger charge is 2.28. The van der Waals surface area contributed by atoms with Gasteiger partial charge in [0.1, 0.15) is 36.6 Å². The fourth-order valence-electron chi connectivity index (χ4n) is 5.57. The van der Waals surface area contributed by atoms with E-state index in [1.54, 1.807) is 20.8 Å². The van der Waals surface area contributed by atoms with Gasteiger partial charge in [0.2, 0.25) is 0 Å². The highest BCUT2D eigenvalue weighted by molar-refractivity contribution is 6.76. The molecule has 11 nitrogen and oxygen atoms in total. The lowest BCUT2D eigenvalue weighted by molar-refractivity contribution is -0.145. The first kappa shape index (κ1) is 43.1. The molecule has 298 valence electrons. The minimum atomic E-state index is -1.52. The summed E-state index contributed by atoms with van der Waals surface area (Å²) >= 11 is 0. The highest BCUT2D eigenvalue weighted by atomic mass is 28.3. The molecule has 2 amide bonds. The van der Waals surface area contributed by atoms with E-state index in [9.17, 15) is 19.2 Å². The van der Waals surface area contributed by atoms with Crippen molar-refractivity contribution < 1.29 is 42.9 Å². The minimum Gasteiger partial charge on any atom is -0.489 e. The lowest BCUT2D eigenvalue weighted by Crippen LogP contribution is -2.45. The largest absolute Gasteiger partial charge is 0.489 e. The van der Waals surface area contributed by atoms with Crippen molar-refractivity contribution in [1.29, 1.82) is 0 Å². The van der Waals surface area contributed by atoms with E-state index in [1.807, 2.05) is 103 Å². The third-order valence-electron chi connectivity index (χ3n) is 8.48. The van der Waals surface area contributed by atoms with Gasteiger partial charge in [-0.05, 0) is 72.3 Å². The van der Waals surface area contributed by atoms with E-state index in [0.29, 0.717) is 11.3 Å². The number of hydrogen-bond donors (Lipinski definition) is 2. The van der Waals surface area contributed by atoms with Gasteiger partial charge in [0, 0.05) is 20.9 Å². The van der Waals surface area contributed by atoms with Gasteiger partial charge in [0.25, 0.3) is 0 Å². The first-order chi connectivity index (χ1) is 26.6. The SMILES string of the molecule is COC(=O)[C@H](Cc1cccc(-c2ccc(OCc3ccccc3)c(C[C@H](NC(=O)OCc3ccccc3)C(=O)OCC[Si](C)(C)C)c2)c1)NC(=O)OC(C)(C)C. The van der Waals surface area contributed by atoms with E-state index in [0.717, 1.165) is 33.9 Å². The standard InChI is InChI=1S/C44H54N2O9Si/c1-44(2,3)55-43(50)46-37(40(47)51-4)26-33-19-14-20-34(25-33)35-21-22-39(53-29-31-15-10-8-11-16-31)36(27-35)28-38(41(48)52-23-24-56(5,6)7)45-42(49)54-30-32-17-12-9-13-18-32/h8-22,25,27,37-38H,23-24,26,28-30H2,1-7H3,(H,45,49)(H,46,50)/t37-,38-/m0/s1. The molecule has 4 aromatic carbocycles. The van der Waals surface area contributed by atoms with Crippen molar-refractivity contribution in [3.63, 3.8) is 0 Å².